The van der Waals surface area contributed by atoms with E-state index in [4.69, 9.17) is 5.73 Å². The van der Waals surface area contributed by atoms with E-state index in [0.29, 0.717) is 13.1 Å². The molecule has 1 saturated carbocycles. The molecular weight excluding hydrogens is 262 g/mol. The van der Waals surface area contributed by atoms with E-state index in [2.05, 4.69) is 9.44 Å². The Hall–Kier alpha value is 0.120. The lowest BCUT2D eigenvalue weighted by molar-refractivity contribution is 0.296. The number of rotatable bonds is 6. The van der Waals surface area contributed by atoms with E-state index in [1.54, 1.807) is 0 Å². The molecule has 0 aliphatic heterocycles. The molecule has 0 radical (unpaired) electrons. The van der Waals surface area contributed by atoms with Crippen LogP contribution in [0.3, 0.4) is 0 Å². The van der Waals surface area contributed by atoms with Gasteiger partial charge >= 0.3 is 0 Å². The van der Waals surface area contributed by atoms with E-state index in [-0.39, 0.29) is 17.9 Å². The molecule has 0 aromatic rings. The minimum atomic E-state index is -3.36. The molecule has 1 aliphatic rings. The Kier molecular flexibility index (Phi) is 7.58. The summed E-state index contributed by atoms with van der Waals surface area (Å²) in [5.74, 6) is 0. The Morgan fingerprint density at radius 2 is 1.76 bits per heavy atom. The fourth-order valence-electron chi connectivity index (χ4n) is 1.96. The van der Waals surface area contributed by atoms with Gasteiger partial charge in [-0.1, -0.05) is 26.2 Å². The third-order valence-corrected chi connectivity index (χ3v) is 4.11. The zero-order valence-corrected chi connectivity index (χ0v) is 12.0. The van der Waals surface area contributed by atoms with Gasteiger partial charge in [-0.3, -0.25) is 0 Å². The highest BCUT2D eigenvalue weighted by atomic mass is 35.5. The fourth-order valence-corrected chi connectivity index (χ4v) is 3.01. The number of nitrogens with two attached hydrogens (primary N) is 1. The summed E-state index contributed by atoms with van der Waals surface area (Å²) in [7, 11) is -3.36. The molecule has 104 valence electrons. The van der Waals surface area contributed by atoms with Crippen molar-refractivity contribution < 1.29 is 8.42 Å². The molecule has 0 saturated heterocycles. The molecule has 1 rings (SSSR count). The van der Waals surface area contributed by atoms with E-state index in [9.17, 15) is 8.42 Å². The maximum absolute atomic E-state index is 11.5. The van der Waals surface area contributed by atoms with Crippen molar-refractivity contribution in [3.63, 3.8) is 0 Å². The number of nitrogens with one attached hydrogen (secondary N) is 2. The third-order valence-electron chi connectivity index (χ3n) is 3.01. The van der Waals surface area contributed by atoms with Crippen molar-refractivity contribution in [2.45, 2.75) is 51.0 Å². The zero-order chi connectivity index (χ0) is 12.1. The predicted octanol–water partition coefficient (Wildman–Crippen LogP) is 0.904. The van der Waals surface area contributed by atoms with E-state index in [1.165, 1.54) is 6.42 Å². The summed E-state index contributed by atoms with van der Waals surface area (Å²) >= 11 is 0. The molecule has 0 spiro atoms. The number of halogens is 1. The highest BCUT2D eigenvalue weighted by Gasteiger charge is 2.28. The molecule has 17 heavy (non-hydrogen) atoms. The second kappa shape index (κ2) is 7.53. The first kappa shape index (κ1) is 17.1. The lowest BCUT2D eigenvalue weighted by Gasteiger charge is -2.33. The van der Waals surface area contributed by atoms with E-state index in [1.807, 2.05) is 6.92 Å². The molecule has 0 atom stereocenters. The molecule has 0 heterocycles. The van der Waals surface area contributed by atoms with E-state index in [0.717, 1.165) is 32.1 Å². The summed E-state index contributed by atoms with van der Waals surface area (Å²) in [6, 6.07) is 0. The Balaban J connectivity index is 0.00000256. The second-order valence-electron chi connectivity index (χ2n) is 4.64. The fraction of sp³-hybridized carbons (Fsp3) is 1.00. The molecule has 7 heteroatoms. The highest BCUT2D eigenvalue weighted by molar-refractivity contribution is 7.87. The van der Waals surface area contributed by atoms with E-state index < -0.39 is 10.2 Å². The first-order valence-electron chi connectivity index (χ1n) is 6.01. The summed E-state index contributed by atoms with van der Waals surface area (Å²) in [4.78, 5) is 0. The van der Waals surface area contributed by atoms with Crippen LogP contribution in [0.15, 0.2) is 0 Å². The van der Waals surface area contributed by atoms with Crippen molar-refractivity contribution in [1.82, 2.24) is 9.44 Å². The van der Waals surface area contributed by atoms with Crippen molar-refractivity contribution in [2.75, 3.05) is 13.1 Å². The first-order chi connectivity index (χ1) is 7.47. The second-order valence-corrected chi connectivity index (χ2v) is 6.23. The predicted molar refractivity (Wildman–Crippen MR) is 72.5 cm³/mol. The van der Waals surface area contributed by atoms with Crippen molar-refractivity contribution in [1.29, 1.82) is 0 Å². The van der Waals surface area contributed by atoms with Crippen LogP contribution in [-0.4, -0.2) is 27.0 Å². The smallest absolute Gasteiger partial charge is 0.276 e. The quantitative estimate of drug-likeness (QED) is 0.678. The lowest BCUT2D eigenvalue weighted by Crippen LogP contribution is -2.53. The summed E-state index contributed by atoms with van der Waals surface area (Å²) in [5.41, 5.74) is 5.79. The van der Waals surface area contributed by atoms with Gasteiger partial charge in [-0.25, -0.2) is 9.44 Å². The van der Waals surface area contributed by atoms with Crippen LogP contribution in [0.4, 0.5) is 0 Å². The van der Waals surface area contributed by atoms with Crippen molar-refractivity contribution in [2.24, 2.45) is 5.73 Å². The van der Waals surface area contributed by atoms with Gasteiger partial charge in [-0.05, 0) is 19.3 Å². The highest BCUT2D eigenvalue weighted by Crippen LogP contribution is 2.25. The summed E-state index contributed by atoms with van der Waals surface area (Å²) in [5, 5.41) is 0. The largest absolute Gasteiger partial charge is 0.324 e. The van der Waals surface area contributed by atoms with Crippen LogP contribution in [0.25, 0.3) is 0 Å². The van der Waals surface area contributed by atoms with Gasteiger partial charge in [0, 0.05) is 18.6 Å². The maximum Gasteiger partial charge on any atom is 0.276 e. The molecular formula is C10H24ClN3O2S. The monoisotopic (exact) mass is 285 g/mol. The minimum Gasteiger partial charge on any atom is -0.324 e. The summed E-state index contributed by atoms with van der Waals surface area (Å²) in [6.07, 6.45) is 6.00. The molecule has 5 nitrogen and oxygen atoms in total. The van der Waals surface area contributed by atoms with Crippen LogP contribution in [-0.2, 0) is 10.2 Å². The van der Waals surface area contributed by atoms with Crippen LogP contribution < -0.4 is 15.2 Å². The summed E-state index contributed by atoms with van der Waals surface area (Å²) in [6.45, 7) is 2.73. The van der Waals surface area contributed by atoms with Crippen LogP contribution in [0, 0.1) is 0 Å². The van der Waals surface area contributed by atoms with Crippen molar-refractivity contribution >= 4 is 22.6 Å². The zero-order valence-electron chi connectivity index (χ0n) is 10.4. The van der Waals surface area contributed by atoms with Gasteiger partial charge in [-0.15, -0.1) is 12.4 Å². The first-order valence-corrected chi connectivity index (χ1v) is 7.49. The number of hydrogen-bond acceptors (Lipinski definition) is 3. The van der Waals surface area contributed by atoms with E-state index >= 15 is 0 Å². The molecule has 0 bridgehead atoms. The van der Waals surface area contributed by atoms with Gasteiger partial charge in [0.2, 0.25) is 0 Å². The Morgan fingerprint density at radius 3 is 2.29 bits per heavy atom. The third kappa shape index (κ3) is 6.57. The summed E-state index contributed by atoms with van der Waals surface area (Å²) < 4.78 is 28.0. The van der Waals surface area contributed by atoms with Gasteiger partial charge in [0.1, 0.15) is 0 Å². The van der Waals surface area contributed by atoms with Crippen molar-refractivity contribution in [3.8, 4) is 0 Å². The van der Waals surface area contributed by atoms with Gasteiger partial charge in [0.25, 0.3) is 10.2 Å². The van der Waals surface area contributed by atoms with Gasteiger partial charge < -0.3 is 5.73 Å². The average Bonchev–Trinajstić information content (AvgIpc) is 2.25. The molecule has 0 amide bonds. The average molecular weight is 286 g/mol. The Morgan fingerprint density at radius 1 is 1.18 bits per heavy atom. The molecule has 1 aliphatic carbocycles. The van der Waals surface area contributed by atoms with Gasteiger partial charge in [0.05, 0.1) is 0 Å². The molecule has 0 aromatic carbocycles. The molecule has 0 aromatic heterocycles. The number of hydrogen-bond donors (Lipinski definition) is 3. The normalized spacial score (nSPS) is 19.6. The maximum atomic E-state index is 11.5. The standard InChI is InChI=1S/C10H23N3O2S.ClH/c1-2-8-12-16(14,15)13-9-10(11)6-4-3-5-7-10;/h12-13H,2-9,11H2,1H3;1H. The Labute approximate surface area is 111 Å². The van der Waals surface area contributed by atoms with Crippen LogP contribution in [0.1, 0.15) is 45.4 Å². The molecule has 1 fully saturated rings. The molecule has 4 N–H and O–H groups in total. The van der Waals surface area contributed by atoms with Crippen molar-refractivity contribution in [3.05, 3.63) is 0 Å². The Bertz CT molecular complexity index is 303. The SMILES string of the molecule is CCCNS(=O)(=O)NCC1(N)CCCCC1.Cl. The van der Waals surface area contributed by atoms with Crippen LogP contribution in [0.5, 0.6) is 0 Å². The topological polar surface area (TPSA) is 84.2 Å². The lowest BCUT2D eigenvalue weighted by atomic mass is 9.83. The van der Waals surface area contributed by atoms with Crippen LogP contribution in [0.2, 0.25) is 0 Å². The molecule has 0 unspecified atom stereocenters. The van der Waals surface area contributed by atoms with Gasteiger partial charge in [-0.2, -0.15) is 8.42 Å². The minimum absolute atomic E-state index is 0. The van der Waals surface area contributed by atoms with Gasteiger partial charge in [0.15, 0.2) is 0 Å². The van der Waals surface area contributed by atoms with Crippen LogP contribution >= 0.6 is 12.4 Å².